The second kappa shape index (κ2) is 8.15. The molecule has 1 aliphatic rings. The fourth-order valence-electron chi connectivity index (χ4n) is 2.67. The van der Waals surface area contributed by atoms with E-state index in [0.717, 1.165) is 38.8 Å². The summed E-state index contributed by atoms with van der Waals surface area (Å²) in [4.78, 5) is 12.0. The minimum absolute atomic E-state index is 0.140. The van der Waals surface area contributed by atoms with Crippen LogP contribution in [0.5, 0.6) is 0 Å². The highest BCUT2D eigenvalue weighted by Gasteiger charge is 2.18. The van der Waals surface area contributed by atoms with Gasteiger partial charge in [0.15, 0.2) is 5.78 Å². The molecule has 0 unspecified atom stereocenters. The predicted molar refractivity (Wildman–Crippen MR) is 78.9 cm³/mol. The number of piperidine rings is 1. The zero-order valence-electron chi connectivity index (χ0n) is 12.5. The van der Waals surface area contributed by atoms with Crippen molar-refractivity contribution in [1.82, 2.24) is 20.3 Å². The maximum atomic E-state index is 12.0. The van der Waals surface area contributed by atoms with Crippen molar-refractivity contribution < 1.29 is 4.79 Å². The SMILES string of the molecule is CCCCCCCC(=O)c1cn(C2CCNCC2)nn1. The number of rotatable bonds is 8. The molecule has 0 saturated carbocycles. The van der Waals surface area contributed by atoms with Gasteiger partial charge in [-0.3, -0.25) is 4.79 Å². The molecule has 1 aromatic heterocycles. The highest BCUT2D eigenvalue weighted by Crippen LogP contribution is 2.17. The minimum atomic E-state index is 0.140. The lowest BCUT2D eigenvalue weighted by Crippen LogP contribution is -2.29. The number of nitrogens with one attached hydrogen (secondary N) is 1. The van der Waals surface area contributed by atoms with Crippen molar-refractivity contribution in [3.05, 3.63) is 11.9 Å². The third-order valence-corrected chi connectivity index (χ3v) is 3.99. The first kappa shape index (κ1) is 15.2. The molecular weight excluding hydrogens is 252 g/mol. The molecule has 0 radical (unpaired) electrons. The van der Waals surface area contributed by atoms with E-state index in [-0.39, 0.29) is 5.78 Å². The number of hydrogen-bond acceptors (Lipinski definition) is 4. The van der Waals surface area contributed by atoms with Gasteiger partial charge in [-0.15, -0.1) is 5.10 Å². The Labute approximate surface area is 121 Å². The summed E-state index contributed by atoms with van der Waals surface area (Å²) >= 11 is 0. The summed E-state index contributed by atoms with van der Waals surface area (Å²) in [5.41, 5.74) is 0.541. The van der Waals surface area contributed by atoms with Gasteiger partial charge >= 0.3 is 0 Å². The van der Waals surface area contributed by atoms with Gasteiger partial charge in [0.1, 0.15) is 5.69 Å². The van der Waals surface area contributed by atoms with Gasteiger partial charge in [0.25, 0.3) is 0 Å². The van der Waals surface area contributed by atoms with Crippen molar-refractivity contribution in [1.29, 1.82) is 0 Å². The average Bonchev–Trinajstić information content (AvgIpc) is 2.98. The summed E-state index contributed by atoms with van der Waals surface area (Å²) in [6.07, 6.45) is 10.4. The number of Topliss-reactive ketones (excluding diaryl/α,β-unsaturated/α-hetero) is 1. The van der Waals surface area contributed by atoms with Crippen molar-refractivity contribution in [3.8, 4) is 0 Å². The number of carbonyl (C=O) groups excluding carboxylic acids is 1. The first-order valence-electron chi connectivity index (χ1n) is 7.97. The molecule has 1 N–H and O–H groups in total. The summed E-state index contributed by atoms with van der Waals surface area (Å²) in [6, 6.07) is 0.398. The molecule has 5 heteroatoms. The van der Waals surface area contributed by atoms with E-state index < -0.39 is 0 Å². The quantitative estimate of drug-likeness (QED) is 0.587. The maximum absolute atomic E-state index is 12.0. The smallest absolute Gasteiger partial charge is 0.184 e. The largest absolute Gasteiger partial charge is 0.317 e. The van der Waals surface area contributed by atoms with Gasteiger partial charge in [0, 0.05) is 6.42 Å². The van der Waals surface area contributed by atoms with E-state index in [1.165, 1.54) is 19.3 Å². The van der Waals surface area contributed by atoms with Crippen LogP contribution in [0.2, 0.25) is 0 Å². The van der Waals surface area contributed by atoms with Crippen LogP contribution in [0.3, 0.4) is 0 Å². The van der Waals surface area contributed by atoms with Crippen LogP contribution in [0, 0.1) is 0 Å². The molecule has 2 heterocycles. The number of carbonyl (C=O) groups is 1. The van der Waals surface area contributed by atoms with Gasteiger partial charge in [0.2, 0.25) is 0 Å². The molecule has 0 atom stereocenters. The summed E-state index contributed by atoms with van der Waals surface area (Å²) in [6.45, 7) is 4.24. The molecule has 2 rings (SSSR count). The molecule has 0 aliphatic carbocycles. The van der Waals surface area contributed by atoms with Crippen LogP contribution in [0.15, 0.2) is 6.20 Å². The normalized spacial score (nSPS) is 16.4. The highest BCUT2D eigenvalue weighted by molar-refractivity contribution is 5.93. The lowest BCUT2D eigenvalue weighted by atomic mass is 10.1. The maximum Gasteiger partial charge on any atom is 0.184 e. The molecular formula is C15H26N4O. The number of hydrogen-bond donors (Lipinski definition) is 1. The number of aromatic nitrogens is 3. The monoisotopic (exact) mass is 278 g/mol. The Morgan fingerprint density at radius 1 is 1.30 bits per heavy atom. The Balaban J connectivity index is 1.77. The number of nitrogens with zero attached hydrogens (tertiary/aromatic N) is 3. The predicted octanol–water partition coefficient (Wildman–Crippen LogP) is 2.75. The molecule has 0 spiro atoms. The number of unbranched alkanes of at least 4 members (excludes halogenated alkanes) is 4. The second-order valence-electron chi connectivity index (χ2n) is 5.65. The van der Waals surface area contributed by atoms with Gasteiger partial charge in [-0.05, 0) is 32.4 Å². The van der Waals surface area contributed by atoms with Crippen LogP contribution in [-0.2, 0) is 0 Å². The summed E-state index contributed by atoms with van der Waals surface area (Å²) in [7, 11) is 0. The van der Waals surface area contributed by atoms with Gasteiger partial charge in [-0.25, -0.2) is 4.68 Å². The molecule has 0 amide bonds. The second-order valence-corrected chi connectivity index (χ2v) is 5.65. The highest BCUT2D eigenvalue weighted by atomic mass is 16.1. The molecule has 112 valence electrons. The zero-order valence-corrected chi connectivity index (χ0v) is 12.5. The van der Waals surface area contributed by atoms with Crippen LogP contribution < -0.4 is 5.32 Å². The molecule has 0 aromatic carbocycles. The van der Waals surface area contributed by atoms with Crippen LogP contribution in [0.25, 0.3) is 0 Å². The van der Waals surface area contributed by atoms with E-state index in [2.05, 4.69) is 22.6 Å². The summed E-state index contributed by atoms with van der Waals surface area (Å²) in [5, 5.41) is 11.5. The molecule has 5 nitrogen and oxygen atoms in total. The molecule has 1 aromatic rings. The van der Waals surface area contributed by atoms with Crippen LogP contribution in [0.4, 0.5) is 0 Å². The van der Waals surface area contributed by atoms with Crippen molar-refractivity contribution in [2.75, 3.05) is 13.1 Å². The van der Waals surface area contributed by atoms with E-state index in [4.69, 9.17) is 0 Å². The fourth-order valence-corrected chi connectivity index (χ4v) is 2.67. The van der Waals surface area contributed by atoms with Crippen LogP contribution in [-0.4, -0.2) is 33.9 Å². The Morgan fingerprint density at radius 3 is 2.80 bits per heavy atom. The zero-order chi connectivity index (χ0) is 14.2. The third-order valence-electron chi connectivity index (χ3n) is 3.99. The first-order chi connectivity index (χ1) is 9.81. The van der Waals surface area contributed by atoms with Crippen molar-refractivity contribution >= 4 is 5.78 Å². The van der Waals surface area contributed by atoms with E-state index in [1.54, 1.807) is 0 Å². The lowest BCUT2D eigenvalue weighted by Gasteiger charge is -2.22. The Hall–Kier alpha value is -1.23. The van der Waals surface area contributed by atoms with E-state index in [1.807, 2.05) is 10.9 Å². The summed E-state index contributed by atoms with van der Waals surface area (Å²) in [5.74, 6) is 0.140. The summed E-state index contributed by atoms with van der Waals surface area (Å²) < 4.78 is 1.88. The van der Waals surface area contributed by atoms with Gasteiger partial charge in [-0.2, -0.15) is 0 Å². The van der Waals surface area contributed by atoms with Crippen LogP contribution in [0.1, 0.15) is 74.8 Å². The fraction of sp³-hybridized carbons (Fsp3) is 0.800. The third kappa shape index (κ3) is 4.40. The van der Waals surface area contributed by atoms with E-state index in [9.17, 15) is 4.79 Å². The Morgan fingerprint density at radius 2 is 2.05 bits per heavy atom. The van der Waals surface area contributed by atoms with Crippen molar-refractivity contribution in [2.24, 2.45) is 0 Å². The molecule has 1 saturated heterocycles. The lowest BCUT2D eigenvalue weighted by molar-refractivity contribution is 0.0974. The average molecular weight is 278 g/mol. The van der Waals surface area contributed by atoms with Crippen molar-refractivity contribution in [3.63, 3.8) is 0 Å². The Kier molecular flexibility index (Phi) is 6.18. The van der Waals surface area contributed by atoms with Crippen molar-refractivity contribution in [2.45, 2.75) is 64.3 Å². The van der Waals surface area contributed by atoms with E-state index in [0.29, 0.717) is 18.2 Å². The minimum Gasteiger partial charge on any atom is -0.317 e. The van der Waals surface area contributed by atoms with Gasteiger partial charge < -0.3 is 5.32 Å². The van der Waals surface area contributed by atoms with Gasteiger partial charge in [-0.1, -0.05) is 37.8 Å². The topological polar surface area (TPSA) is 59.8 Å². The molecule has 1 fully saturated rings. The Bertz CT molecular complexity index is 410. The van der Waals surface area contributed by atoms with E-state index >= 15 is 0 Å². The van der Waals surface area contributed by atoms with Gasteiger partial charge in [0.05, 0.1) is 12.2 Å². The molecule has 0 bridgehead atoms. The number of ketones is 1. The standard InChI is InChI=1S/C15H26N4O/c1-2-3-4-5-6-7-15(20)14-12-19(18-17-14)13-8-10-16-11-9-13/h12-13,16H,2-11H2,1H3. The molecule has 1 aliphatic heterocycles. The first-order valence-corrected chi connectivity index (χ1v) is 7.97. The van der Waals surface area contributed by atoms with Crippen LogP contribution >= 0.6 is 0 Å². The molecule has 20 heavy (non-hydrogen) atoms.